The summed E-state index contributed by atoms with van der Waals surface area (Å²) >= 11 is 1.64. The molecule has 24 heavy (non-hydrogen) atoms. The van der Waals surface area contributed by atoms with Gasteiger partial charge in [0.2, 0.25) is 5.76 Å². The molecule has 124 valence electrons. The first-order valence-electron chi connectivity index (χ1n) is 7.65. The number of amides is 1. The number of piperazine rings is 1. The Kier molecular flexibility index (Phi) is 3.81. The van der Waals surface area contributed by atoms with Crippen molar-refractivity contribution >= 4 is 32.6 Å². The van der Waals surface area contributed by atoms with Crippen LogP contribution in [0.5, 0.6) is 5.75 Å². The zero-order valence-corrected chi connectivity index (χ0v) is 14.0. The van der Waals surface area contributed by atoms with E-state index >= 15 is 0 Å². The van der Waals surface area contributed by atoms with Crippen LogP contribution in [-0.4, -0.2) is 54.2 Å². The number of para-hydroxylation sites is 1. The van der Waals surface area contributed by atoms with E-state index in [-0.39, 0.29) is 11.7 Å². The Hall–Kier alpha value is -2.61. The summed E-state index contributed by atoms with van der Waals surface area (Å²) in [6.45, 7) is 2.74. The second-order valence-corrected chi connectivity index (χ2v) is 6.47. The molecule has 0 saturated carbocycles. The summed E-state index contributed by atoms with van der Waals surface area (Å²) in [5.41, 5.74) is 0.889. The molecule has 0 aliphatic carbocycles. The standard InChI is InChI=1S/C16H16N4O3S/c1-22-11-3-2-4-13-14(11)18-16(24-13)20-9-7-19(8-10-20)15(21)12-5-6-17-23-12/h2-6H,7-10H2,1H3. The van der Waals surface area contributed by atoms with Crippen LogP contribution in [0.2, 0.25) is 0 Å². The van der Waals surface area contributed by atoms with Gasteiger partial charge < -0.3 is 19.1 Å². The van der Waals surface area contributed by atoms with Crippen molar-refractivity contribution in [2.75, 3.05) is 38.2 Å². The fourth-order valence-electron chi connectivity index (χ4n) is 2.79. The van der Waals surface area contributed by atoms with E-state index in [2.05, 4.69) is 10.1 Å². The average molecular weight is 344 g/mol. The van der Waals surface area contributed by atoms with Gasteiger partial charge in [-0.2, -0.15) is 0 Å². The average Bonchev–Trinajstić information content (AvgIpc) is 3.30. The molecule has 4 rings (SSSR count). The fraction of sp³-hybridized carbons (Fsp3) is 0.312. The highest BCUT2D eigenvalue weighted by Gasteiger charge is 2.25. The number of hydrogen-bond donors (Lipinski definition) is 0. The summed E-state index contributed by atoms with van der Waals surface area (Å²) in [5.74, 6) is 0.959. The zero-order valence-electron chi connectivity index (χ0n) is 13.1. The third-order valence-corrected chi connectivity index (χ3v) is 5.16. The topological polar surface area (TPSA) is 71.7 Å². The van der Waals surface area contributed by atoms with Gasteiger partial charge in [-0.3, -0.25) is 4.79 Å². The molecule has 2 aromatic heterocycles. The fourth-order valence-corrected chi connectivity index (χ4v) is 3.83. The first-order chi connectivity index (χ1) is 11.8. The molecular weight excluding hydrogens is 328 g/mol. The van der Waals surface area contributed by atoms with Crippen LogP contribution in [0.4, 0.5) is 5.13 Å². The van der Waals surface area contributed by atoms with Crippen molar-refractivity contribution in [3.8, 4) is 5.75 Å². The van der Waals surface area contributed by atoms with Crippen LogP contribution < -0.4 is 9.64 Å². The van der Waals surface area contributed by atoms with Gasteiger partial charge in [0, 0.05) is 32.2 Å². The van der Waals surface area contributed by atoms with Crippen molar-refractivity contribution < 1.29 is 14.1 Å². The van der Waals surface area contributed by atoms with Gasteiger partial charge in [-0.05, 0) is 12.1 Å². The molecule has 3 aromatic rings. The number of benzene rings is 1. The quantitative estimate of drug-likeness (QED) is 0.726. The van der Waals surface area contributed by atoms with Gasteiger partial charge in [-0.1, -0.05) is 22.6 Å². The molecule has 0 N–H and O–H groups in total. The summed E-state index contributed by atoms with van der Waals surface area (Å²) < 4.78 is 11.4. The normalized spacial score (nSPS) is 15.0. The van der Waals surface area contributed by atoms with Crippen molar-refractivity contribution in [3.05, 3.63) is 36.2 Å². The third-order valence-electron chi connectivity index (χ3n) is 4.08. The maximum atomic E-state index is 12.3. The molecule has 1 aliphatic rings. The molecule has 1 saturated heterocycles. The molecule has 8 heteroatoms. The third kappa shape index (κ3) is 2.58. The van der Waals surface area contributed by atoms with Gasteiger partial charge in [-0.15, -0.1) is 0 Å². The number of hydrogen-bond acceptors (Lipinski definition) is 7. The highest BCUT2D eigenvalue weighted by atomic mass is 32.1. The van der Waals surface area contributed by atoms with Gasteiger partial charge in [0.05, 0.1) is 18.0 Å². The van der Waals surface area contributed by atoms with Crippen LogP contribution >= 0.6 is 11.3 Å². The number of carbonyl (C=O) groups excluding carboxylic acids is 1. The van der Waals surface area contributed by atoms with E-state index in [9.17, 15) is 4.79 Å². The number of carbonyl (C=O) groups is 1. The van der Waals surface area contributed by atoms with Crippen LogP contribution in [0, 0.1) is 0 Å². The van der Waals surface area contributed by atoms with E-state index in [0.717, 1.165) is 34.2 Å². The predicted molar refractivity (Wildman–Crippen MR) is 90.8 cm³/mol. The Labute approximate surface area is 142 Å². The molecule has 3 heterocycles. The predicted octanol–water partition coefficient (Wildman–Crippen LogP) is 2.26. The number of ether oxygens (including phenoxy) is 1. The maximum Gasteiger partial charge on any atom is 0.292 e. The molecule has 0 atom stereocenters. The molecule has 1 aromatic carbocycles. The SMILES string of the molecule is COc1cccc2sc(N3CCN(C(=O)c4ccno4)CC3)nc12. The number of thiazole rings is 1. The molecule has 0 spiro atoms. The first-order valence-corrected chi connectivity index (χ1v) is 8.46. The smallest absolute Gasteiger partial charge is 0.292 e. The Morgan fingerprint density at radius 2 is 2.08 bits per heavy atom. The van der Waals surface area contributed by atoms with E-state index in [0.29, 0.717) is 13.1 Å². The largest absolute Gasteiger partial charge is 0.494 e. The monoisotopic (exact) mass is 344 g/mol. The molecule has 0 bridgehead atoms. The minimum absolute atomic E-state index is 0.113. The maximum absolute atomic E-state index is 12.3. The highest BCUT2D eigenvalue weighted by Crippen LogP contribution is 2.34. The Bertz CT molecular complexity index is 853. The van der Waals surface area contributed by atoms with Crippen molar-refractivity contribution in [2.24, 2.45) is 0 Å². The molecule has 1 fully saturated rings. The van der Waals surface area contributed by atoms with Gasteiger partial charge in [0.15, 0.2) is 5.13 Å². The molecule has 0 unspecified atom stereocenters. The Morgan fingerprint density at radius 3 is 2.79 bits per heavy atom. The summed E-state index contributed by atoms with van der Waals surface area (Å²) in [7, 11) is 1.65. The van der Waals surface area contributed by atoms with Crippen LogP contribution in [0.15, 0.2) is 35.0 Å². The molecular formula is C16H16N4O3S. The van der Waals surface area contributed by atoms with Crippen LogP contribution in [0.1, 0.15) is 10.6 Å². The second-order valence-electron chi connectivity index (χ2n) is 5.46. The number of fused-ring (bicyclic) bond motifs is 1. The lowest BCUT2D eigenvalue weighted by Crippen LogP contribution is -2.48. The number of methoxy groups -OCH3 is 1. The van der Waals surface area contributed by atoms with Gasteiger partial charge >= 0.3 is 0 Å². The van der Waals surface area contributed by atoms with Crippen molar-refractivity contribution in [1.82, 2.24) is 15.0 Å². The minimum atomic E-state index is -0.113. The first kappa shape index (κ1) is 14.9. The molecule has 0 radical (unpaired) electrons. The zero-order chi connectivity index (χ0) is 16.5. The summed E-state index contributed by atoms with van der Waals surface area (Å²) in [6.07, 6.45) is 1.48. The molecule has 1 amide bonds. The molecule has 1 aliphatic heterocycles. The van der Waals surface area contributed by atoms with E-state index in [1.807, 2.05) is 18.2 Å². The van der Waals surface area contributed by atoms with Crippen LogP contribution in [0.3, 0.4) is 0 Å². The minimum Gasteiger partial charge on any atom is -0.494 e. The van der Waals surface area contributed by atoms with Gasteiger partial charge in [0.25, 0.3) is 5.91 Å². The Morgan fingerprint density at radius 1 is 1.25 bits per heavy atom. The lowest BCUT2D eigenvalue weighted by atomic mass is 10.3. The summed E-state index contributed by atoms with van der Waals surface area (Å²) in [6, 6.07) is 7.52. The van der Waals surface area contributed by atoms with E-state index in [1.54, 1.807) is 29.4 Å². The molecule has 7 nitrogen and oxygen atoms in total. The van der Waals surface area contributed by atoms with Crippen molar-refractivity contribution in [1.29, 1.82) is 0 Å². The number of aromatic nitrogens is 2. The van der Waals surface area contributed by atoms with E-state index in [4.69, 9.17) is 14.2 Å². The van der Waals surface area contributed by atoms with Gasteiger partial charge in [-0.25, -0.2) is 4.98 Å². The number of rotatable bonds is 3. The Balaban J connectivity index is 1.49. The van der Waals surface area contributed by atoms with E-state index < -0.39 is 0 Å². The van der Waals surface area contributed by atoms with Crippen LogP contribution in [-0.2, 0) is 0 Å². The summed E-state index contributed by atoms with van der Waals surface area (Å²) in [4.78, 5) is 21.0. The van der Waals surface area contributed by atoms with Crippen molar-refractivity contribution in [3.63, 3.8) is 0 Å². The highest BCUT2D eigenvalue weighted by molar-refractivity contribution is 7.22. The lowest BCUT2D eigenvalue weighted by Gasteiger charge is -2.33. The lowest BCUT2D eigenvalue weighted by molar-refractivity contribution is 0.0705. The summed E-state index contributed by atoms with van der Waals surface area (Å²) in [5, 5.41) is 4.55. The van der Waals surface area contributed by atoms with Crippen molar-refractivity contribution in [2.45, 2.75) is 0 Å². The van der Waals surface area contributed by atoms with Crippen LogP contribution in [0.25, 0.3) is 10.2 Å². The van der Waals surface area contributed by atoms with E-state index in [1.165, 1.54) is 6.20 Å². The van der Waals surface area contributed by atoms with Gasteiger partial charge in [0.1, 0.15) is 11.3 Å². The number of nitrogens with zero attached hydrogens (tertiary/aromatic N) is 4. The second kappa shape index (κ2) is 6.12. The number of anilines is 1.